The van der Waals surface area contributed by atoms with Crippen LogP contribution < -0.4 is 21.3 Å². The molecule has 0 aromatic heterocycles. The molecule has 9 rings (SSSR count). The third-order valence-corrected chi connectivity index (χ3v) is 24.5. The van der Waals surface area contributed by atoms with E-state index in [9.17, 15) is 86.3 Å². The van der Waals surface area contributed by atoms with Gasteiger partial charge < -0.3 is 89.1 Å². The van der Waals surface area contributed by atoms with Crippen LogP contribution in [0.5, 0.6) is 0 Å². The molecule has 9 heterocycles. The van der Waals surface area contributed by atoms with Crippen LogP contribution in [0.3, 0.4) is 0 Å². The summed E-state index contributed by atoms with van der Waals surface area (Å²) in [5.41, 5.74) is 2.16. The van der Waals surface area contributed by atoms with E-state index >= 15 is 0 Å². The van der Waals surface area contributed by atoms with Crippen LogP contribution in [0.1, 0.15) is 319 Å². The maximum absolute atomic E-state index is 11.8. The lowest BCUT2D eigenvalue weighted by atomic mass is 10.2. The topological polar surface area (TPSA) is 431 Å². The average Bonchev–Trinajstić information content (AvgIpc) is 1.61. The lowest BCUT2D eigenvalue weighted by Gasteiger charge is -2.28. The molecule has 4 N–H and O–H groups in total. The number of carbonyl (C=O) groups excluding carboxylic acids is 18. The molecular formula is C108H175N13O23. The van der Waals surface area contributed by atoms with Gasteiger partial charge >= 0.3 is 29.8 Å². The molecule has 36 heteroatoms. The first kappa shape index (κ1) is 130. The maximum atomic E-state index is 11.8. The second-order valence-electron chi connectivity index (χ2n) is 37.0. The number of likely N-dealkylation sites (tertiary alicyclic amines) is 9. The van der Waals surface area contributed by atoms with Crippen molar-refractivity contribution in [1.29, 1.82) is 0 Å². The van der Waals surface area contributed by atoms with Gasteiger partial charge in [-0.3, -0.25) is 62.3 Å². The molecule has 0 spiro atoms. The van der Waals surface area contributed by atoms with Crippen molar-refractivity contribution in [2.75, 3.05) is 125 Å². The van der Waals surface area contributed by atoms with Crippen LogP contribution in [0.15, 0.2) is 111 Å². The first-order chi connectivity index (χ1) is 68.6. The van der Waals surface area contributed by atoms with Crippen LogP contribution in [0.2, 0.25) is 0 Å². The van der Waals surface area contributed by atoms with Gasteiger partial charge in [-0.05, 0) is 216 Å². The SMILES string of the molecule is C=C(C)C(=O)NC(C)N1CCCCCC1=O.C=C(C)C(=O)NCCN1CCCCCC1=O.C=C(C)C(=O)OC(C)N1CCCCCC1=O.C=C(C)C(=O)OCCCCCCN1CCCC1=O.C=C(C)C(=O)OCCN1CCCCCC1=O.C=CC(=O)NC(C)N1CCCCCC1=O.C=CC(=O)NCCN1CCCCCC1=O.C=CC(=O)OC(C)N1CCCCCC1=O.C=CC(=O)OCCCCCCN1CCCC1=O. The summed E-state index contributed by atoms with van der Waals surface area (Å²) >= 11 is 0. The van der Waals surface area contributed by atoms with Crippen molar-refractivity contribution in [2.24, 2.45) is 0 Å². The zero-order valence-corrected chi connectivity index (χ0v) is 88.6. The van der Waals surface area contributed by atoms with Crippen molar-refractivity contribution in [3.8, 4) is 0 Å². The van der Waals surface area contributed by atoms with Gasteiger partial charge in [0.25, 0.3) is 0 Å². The Morgan fingerprint density at radius 1 is 0.278 bits per heavy atom. The average molecular weight is 2020 g/mol. The Bertz CT molecular complexity index is 3990. The smallest absolute Gasteiger partial charge is 0.335 e. The summed E-state index contributed by atoms with van der Waals surface area (Å²) in [5, 5.41) is 10.9. The molecule has 4 atom stereocenters. The number of hydrogen-bond donors (Lipinski definition) is 4. The van der Waals surface area contributed by atoms with Gasteiger partial charge in [0.2, 0.25) is 76.8 Å². The van der Waals surface area contributed by atoms with Gasteiger partial charge in [0.1, 0.15) is 18.9 Å². The second kappa shape index (κ2) is 78.5. The Labute approximate surface area is 857 Å². The number of amides is 13. The first-order valence-corrected chi connectivity index (χ1v) is 52.1. The fraction of sp³-hybridized carbons (Fsp3) is 0.667. The lowest BCUT2D eigenvalue weighted by Crippen LogP contribution is -2.49. The molecule has 9 aliphatic rings. The highest BCUT2D eigenvalue weighted by Crippen LogP contribution is 2.22. The molecule has 36 nitrogen and oxygen atoms in total. The summed E-state index contributed by atoms with van der Waals surface area (Å²) in [6.45, 7) is 59.1. The molecule has 0 aromatic rings. The molecule has 0 aliphatic carbocycles. The summed E-state index contributed by atoms with van der Waals surface area (Å²) in [4.78, 5) is 220. The van der Waals surface area contributed by atoms with Crippen molar-refractivity contribution in [3.05, 3.63) is 111 Å². The van der Waals surface area contributed by atoms with E-state index < -0.39 is 24.4 Å². The van der Waals surface area contributed by atoms with Gasteiger partial charge in [0.15, 0.2) is 12.5 Å². The third-order valence-electron chi connectivity index (χ3n) is 24.5. The zero-order chi connectivity index (χ0) is 108. The minimum absolute atomic E-state index is 0.0665. The number of carbonyl (C=O) groups is 18. The molecule has 0 aromatic carbocycles. The van der Waals surface area contributed by atoms with Gasteiger partial charge in [0.05, 0.1) is 19.8 Å². The van der Waals surface area contributed by atoms with E-state index in [0.29, 0.717) is 144 Å². The summed E-state index contributed by atoms with van der Waals surface area (Å²) in [7, 11) is 0. The minimum Gasteiger partial charge on any atom is -0.463 e. The molecule has 810 valence electrons. The maximum Gasteiger partial charge on any atom is 0.335 e. The second-order valence-corrected chi connectivity index (χ2v) is 37.0. The quantitative estimate of drug-likeness (QED) is 0.0192. The Morgan fingerprint density at radius 3 is 0.931 bits per heavy atom. The van der Waals surface area contributed by atoms with Crippen molar-refractivity contribution < 1.29 is 110 Å². The number of ether oxygens (including phenoxy) is 5. The van der Waals surface area contributed by atoms with Crippen LogP contribution in [-0.4, -0.2) is 300 Å². The molecule has 0 radical (unpaired) electrons. The standard InChI is InChI=1S/C14H23NO3.C13H21NO3.2C12H20N2O2.2C12H19NO3.2C11H18N2O2.C11H17NO3/c1-12(2)14(17)18-11-6-4-3-5-9-15-10-7-8-13(15)16;1-2-13(16)17-11-6-4-3-5-9-14-10-7-8-12(14)15;1-9(2)12(16)13-10(3)14-8-6-4-5-7-11(14)15;1-10(2)12(16)13-7-9-14-8-5-3-4-6-11(14)15;1-9(2)12(15)16-10(3)13-8-6-4-5-7-11(13)14;1-10(2)12(15)16-9-8-13-7-5-3-4-6-11(13)14;1-3-10(14)12-9(2)13-8-6-4-5-7-11(13)15;1-2-10(14)12-7-9-13-8-5-3-4-6-11(13)15;1-3-11(14)15-9(2)12-8-6-4-5-7-10(12)13/h1,3-11H2,2H3;2H,1,3-11H2;10H,1,4-8H2,2-3H3,(H,13,16);1,3-9H2,2H3,(H,13,16);10H,1,4-8H2,2-3H3;1,3-9H2,2H3;3,9H,1,4-8H2,2H3,(H,12,14);2H,1,3-9H2,(H,12,14);3,9H,1,4-8H2,2H3. The largest absolute Gasteiger partial charge is 0.463 e. The van der Waals surface area contributed by atoms with E-state index in [1.54, 1.807) is 73.0 Å². The number of nitrogens with zero attached hydrogens (tertiary/aromatic N) is 9. The summed E-state index contributed by atoms with van der Waals surface area (Å²) in [6.07, 6.45) is 40.6. The van der Waals surface area contributed by atoms with Crippen molar-refractivity contribution in [3.63, 3.8) is 0 Å². The van der Waals surface area contributed by atoms with Crippen molar-refractivity contribution in [1.82, 2.24) is 65.4 Å². The Morgan fingerprint density at radius 2 is 0.576 bits per heavy atom. The minimum atomic E-state index is -0.491. The monoisotopic (exact) mass is 2020 g/mol. The van der Waals surface area contributed by atoms with E-state index in [1.165, 1.54) is 18.2 Å². The van der Waals surface area contributed by atoms with Gasteiger partial charge in [-0.2, -0.15) is 0 Å². The molecule has 144 heavy (non-hydrogen) atoms. The van der Waals surface area contributed by atoms with Gasteiger partial charge in [0, 0.05) is 196 Å². The van der Waals surface area contributed by atoms with E-state index in [2.05, 4.69) is 80.5 Å². The molecule has 0 bridgehead atoms. The number of rotatable bonds is 40. The predicted molar refractivity (Wildman–Crippen MR) is 555 cm³/mol. The Balaban J connectivity index is 0.000000810. The van der Waals surface area contributed by atoms with Crippen molar-refractivity contribution in [2.45, 2.75) is 344 Å². The van der Waals surface area contributed by atoms with Crippen molar-refractivity contribution >= 4 is 107 Å². The zero-order valence-electron chi connectivity index (χ0n) is 88.6. The molecule has 9 aliphatic heterocycles. The first-order valence-electron chi connectivity index (χ1n) is 52.1. The number of unbranched alkanes of at least 4 members (excludes halogenated alkanes) is 6. The molecule has 9 saturated heterocycles. The number of nitrogens with one attached hydrogen (secondary N) is 4. The molecular weight excluding hydrogens is 1850 g/mol. The van der Waals surface area contributed by atoms with Crippen LogP contribution in [0.4, 0.5) is 0 Å². The predicted octanol–water partition coefficient (Wildman–Crippen LogP) is 13.3. The van der Waals surface area contributed by atoms with Crippen LogP contribution >= 0.6 is 0 Å². The summed E-state index contributed by atoms with van der Waals surface area (Å²) in [6, 6.07) is 0. The number of hydrogen-bond acceptors (Lipinski definition) is 23. The third kappa shape index (κ3) is 60.0. The normalized spacial score (nSPS) is 17.4. The summed E-state index contributed by atoms with van der Waals surface area (Å²) in [5.74, 6) is -1.14. The number of esters is 5. The fourth-order valence-electron chi connectivity index (χ4n) is 15.9. The highest BCUT2D eigenvalue weighted by Gasteiger charge is 2.30. The molecule has 4 unspecified atom stereocenters. The van der Waals surface area contributed by atoms with Gasteiger partial charge in [-0.15, -0.1) is 0 Å². The van der Waals surface area contributed by atoms with Crippen LogP contribution in [0.25, 0.3) is 0 Å². The fourth-order valence-corrected chi connectivity index (χ4v) is 15.9. The van der Waals surface area contributed by atoms with Crippen LogP contribution in [-0.2, 0) is 110 Å². The molecule has 13 amide bonds. The Kier molecular flexibility index (Phi) is 71.0. The highest BCUT2D eigenvalue weighted by molar-refractivity contribution is 5.94. The van der Waals surface area contributed by atoms with Crippen LogP contribution in [0, 0.1) is 0 Å². The molecule has 9 fully saturated rings. The van der Waals surface area contributed by atoms with E-state index in [1.807, 2.05) is 33.4 Å². The Hall–Kier alpha value is -11.9. The summed E-state index contributed by atoms with van der Waals surface area (Å²) < 4.78 is 25.0. The van der Waals surface area contributed by atoms with E-state index in [-0.39, 0.29) is 102 Å². The highest BCUT2D eigenvalue weighted by atomic mass is 16.6. The van der Waals surface area contributed by atoms with Gasteiger partial charge in [-0.1, -0.05) is 117 Å². The van der Waals surface area contributed by atoms with Gasteiger partial charge in [-0.25, -0.2) is 24.0 Å². The van der Waals surface area contributed by atoms with E-state index in [0.717, 1.165) is 277 Å². The lowest BCUT2D eigenvalue weighted by molar-refractivity contribution is -0.160. The molecule has 0 saturated carbocycles. The van der Waals surface area contributed by atoms with E-state index in [4.69, 9.17) is 23.7 Å².